The van der Waals surface area contributed by atoms with Gasteiger partial charge in [-0.3, -0.25) is 9.59 Å². The molecule has 0 radical (unpaired) electrons. The van der Waals surface area contributed by atoms with Crippen LogP contribution in [0.25, 0.3) is 0 Å². The molecule has 0 bridgehead atoms. The Morgan fingerprint density at radius 1 is 0.926 bits per heavy atom. The van der Waals surface area contributed by atoms with Gasteiger partial charge < -0.3 is 0 Å². The maximum absolute atomic E-state index is 13.1. The van der Waals surface area contributed by atoms with Gasteiger partial charge in [-0.05, 0) is 98.7 Å². The van der Waals surface area contributed by atoms with Gasteiger partial charge in [0.2, 0.25) is 0 Å². The molecule has 0 aromatic rings. The molecular formula is C25H38O2. The largest absolute Gasteiger partial charge is 0.300 e. The molecule has 0 heterocycles. The molecule has 5 aliphatic carbocycles. The Balaban J connectivity index is 1.51. The van der Waals surface area contributed by atoms with Crippen molar-refractivity contribution in [1.82, 2.24) is 0 Å². The molecule has 0 aromatic carbocycles. The fraction of sp³-hybridized carbons (Fsp3) is 0.920. The van der Waals surface area contributed by atoms with Crippen LogP contribution in [0.15, 0.2) is 0 Å². The summed E-state index contributed by atoms with van der Waals surface area (Å²) in [4.78, 5) is 25.2. The van der Waals surface area contributed by atoms with E-state index in [2.05, 4.69) is 13.8 Å². The fourth-order valence-corrected chi connectivity index (χ4v) is 9.84. The topological polar surface area (TPSA) is 34.1 Å². The van der Waals surface area contributed by atoms with Crippen molar-refractivity contribution in [2.45, 2.75) is 97.8 Å². The summed E-state index contributed by atoms with van der Waals surface area (Å²) in [6, 6.07) is 0. The highest BCUT2D eigenvalue weighted by Gasteiger charge is 2.69. The van der Waals surface area contributed by atoms with Gasteiger partial charge >= 0.3 is 0 Å². The summed E-state index contributed by atoms with van der Waals surface area (Å²) < 4.78 is 0. The summed E-state index contributed by atoms with van der Waals surface area (Å²) >= 11 is 0. The summed E-state index contributed by atoms with van der Waals surface area (Å²) in [5.41, 5.74) is 0.606. The Morgan fingerprint density at radius 2 is 1.74 bits per heavy atom. The molecule has 0 unspecified atom stereocenters. The SMILES string of the molecule is CC(=O)[C@@]12CCCC[C@@H]1C[C@H]1[C@@H]3CC[C@@H]4CC(=O)CC[C@]4(C)[C@H]3CC[C@@]12C. The lowest BCUT2D eigenvalue weighted by Crippen LogP contribution is -2.56. The van der Waals surface area contributed by atoms with Crippen molar-refractivity contribution in [3.05, 3.63) is 0 Å². The van der Waals surface area contributed by atoms with Gasteiger partial charge in [0.15, 0.2) is 0 Å². The highest BCUT2D eigenvalue weighted by atomic mass is 16.1. The van der Waals surface area contributed by atoms with E-state index in [1.807, 2.05) is 6.92 Å². The minimum atomic E-state index is -0.0127. The summed E-state index contributed by atoms with van der Waals surface area (Å²) in [6.45, 7) is 6.98. The van der Waals surface area contributed by atoms with Gasteiger partial charge in [-0.2, -0.15) is 0 Å². The zero-order valence-electron chi connectivity index (χ0n) is 17.7. The van der Waals surface area contributed by atoms with Crippen LogP contribution in [0.5, 0.6) is 0 Å². The van der Waals surface area contributed by atoms with Gasteiger partial charge in [-0.25, -0.2) is 0 Å². The van der Waals surface area contributed by atoms with Crippen LogP contribution in [-0.2, 0) is 9.59 Å². The summed E-state index contributed by atoms with van der Waals surface area (Å²) in [5, 5.41) is 0. The Hall–Kier alpha value is -0.660. The molecule has 2 heteroatoms. The molecule has 0 saturated heterocycles. The molecule has 2 nitrogen and oxygen atoms in total. The van der Waals surface area contributed by atoms with Gasteiger partial charge in [0.05, 0.1) is 0 Å². The number of rotatable bonds is 1. The Kier molecular flexibility index (Phi) is 4.03. The molecule has 150 valence electrons. The number of hydrogen-bond acceptors (Lipinski definition) is 2. The zero-order valence-corrected chi connectivity index (χ0v) is 17.7. The maximum atomic E-state index is 13.1. The van der Waals surface area contributed by atoms with Crippen molar-refractivity contribution in [2.75, 3.05) is 0 Å². The van der Waals surface area contributed by atoms with Crippen LogP contribution < -0.4 is 0 Å². The summed E-state index contributed by atoms with van der Waals surface area (Å²) in [5.74, 6) is 4.66. The van der Waals surface area contributed by atoms with E-state index in [1.54, 1.807) is 0 Å². The average molecular weight is 371 g/mol. The standard InChI is InChI=1S/C25H38O2/c1-16(26)25-11-5-4-6-18(25)15-22-20-8-7-17-14-19(27)9-12-23(17,2)21(20)10-13-24(22,25)3/h17-18,20-22H,4-15H2,1-3H3/t17-,18-,20-,21+,22+,23+,24+,25+/m1/s1. The number of hydrogen-bond donors (Lipinski definition) is 0. The lowest BCUT2D eigenvalue weighted by atomic mass is 9.42. The number of ketones is 2. The molecule has 0 amide bonds. The van der Waals surface area contributed by atoms with Crippen molar-refractivity contribution in [3.63, 3.8) is 0 Å². The van der Waals surface area contributed by atoms with Crippen LogP contribution >= 0.6 is 0 Å². The molecule has 0 N–H and O–H groups in total. The van der Waals surface area contributed by atoms with Gasteiger partial charge in [-0.15, -0.1) is 0 Å². The van der Waals surface area contributed by atoms with E-state index in [0.29, 0.717) is 28.8 Å². The second-order valence-electron chi connectivity index (χ2n) is 11.6. The van der Waals surface area contributed by atoms with Crippen LogP contribution in [-0.4, -0.2) is 11.6 Å². The number of Topliss-reactive ketones (excluding diaryl/α,β-unsaturated/α-hetero) is 2. The number of carbonyl (C=O) groups is 2. The molecule has 8 atom stereocenters. The summed E-state index contributed by atoms with van der Waals surface area (Å²) in [7, 11) is 0. The first-order chi connectivity index (χ1) is 12.8. The van der Waals surface area contributed by atoms with Crippen LogP contribution in [0, 0.1) is 45.8 Å². The fourth-order valence-electron chi connectivity index (χ4n) is 9.84. The number of carbonyl (C=O) groups excluding carboxylic acids is 2. The van der Waals surface area contributed by atoms with E-state index in [9.17, 15) is 9.59 Å². The first-order valence-corrected chi connectivity index (χ1v) is 11.9. The third-order valence-corrected chi connectivity index (χ3v) is 11.1. The van der Waals surface area contributed by atoms with E-state index in [-0.39, 0.29) is 10.8 Å². The van der Waals surface area contributed by atoms with Gasteiger partial charge in [0.25, 0.3) is 0 Å². The normalized spacial score (nSPS) is 54.5. The minimum absolute atomic E-state index is 0.0127. The predicted octanol–water partition coefficient (Wildman–Crippen LogP) is 5.97. The first kappa shape index (κ1) is 18.4. The Bertz CT molecular complexity index is 667. The molecule has 5 aliphatic rings. The van der Waals surface area contributed by atoms with Gasteiger partial charge in [-0.1, -0.05) is 26.7 Å². The molecule has 5 saturated carbocycles. The molecule has 27 heavy (non-hydrogen) atoms. The van der Waals surface area contributed by atoms with Crippen molar-refractivity contribution in [3.8, 4) is 0 Å². The second-order valence-corrected chi connectivity index (χ2v) is 11.6. The highest BCUT2D eigenvalue weighted by Crippen LogP contribution is 2.74. The van der Waals surface area contributed by atoms with E-state index < -0.39 is 0 Å². The predicted molar refractivity (Wildman–Crippen MR) is 107 cm³/mol. The molecule has 0 aliphatic heterocycles. The Labute approximate surface area is 165 Å². The van der Waals surface area contributed by atoms with E-state index >= 15 is 0 Å². The molecule has 5 rings (SSSR count). The van der Waals surface area contributed by atoms with Gasteiger partial charge in [0.1, 0.15) is 11.6 Å². The number of fused-ring (bicyclic) bond motifs is 7. The third-order valence-electron chi connectivity index (χ3n) is 11.1. The van der Waals surface area contributed by atoms with Crippen LogP contribution in [0.2, 0.25) is 0 Å². The highest BCUT2D eigenvalue weighted by molar-refractivity contribution is 5.84. The van der Waals surface area contributed by atoms with Crippen LogP contribution in [0.4, 0.5) is 0 Å². The maximum Gasteiger partial charge on any atom is 0.136 e. The van der Waals surface area contributed by atoms with Crippen LogP contribution in [0.1, 0.15) is 97.8 Å². The first-order valence-electron chi connectivity index (χ1n) is 11.9. The van der Waals surface area contributed by atoms with Crippen molar-refractivity contribution in [1.29, 1.82) is 0 Å². The van der Waals surface area contributed by atoms with E-state index in [0.717, 1.165) is 43.4 Å². The smallest absolute Gasteiger partial charge is 0.136 e. The van der Waals surface area contributed by atoms with E-state index in [1.165, 1.54) is 51.4 Å². The lowest BCUT2D eigenvalue weighted by molar-refractivity contribution is -0.157. The zero-order chi connectivity index (χ0) is 19.0. The quantitative estimate of drug-likeness (QED) is 0.569. The molecule has 0 spiro atoms. The van der Waals surface area contributed by atoms with E-state index in [4.69, 9.17) is 0 Å². The molecule has 0 aromatic heterocycles. The molecular weight excluding hydrogens is 332 g/mol. The second kappa shape index (κ2) is 5.92. The minimum Gasteiger partial charge on any atom is -0.300 e. The van der Waals surface area contributed by atoms with Crippen molar-refractivity contribution < 1.29 is 9.59 Å². The van der Waals surface area contributed by atoms with Crippen molar-refractivity contribution >= 4 is 11.6 Å². The average Bonchev–Trinajstić information content (AvgIpc) is 2.92. The summed E-state index contributed by atoms with van der Waals surface area (Å²) in [6.07, 6.45) is 14.3. The van der Waals surface area contributed by atoms with Gasteiger partial charge in [0, 0.05) is 18.3 Å². The Morgan fingerprint density at radius 3 is 2.52 bits per heavy atom. The lowest BCUT2D eigenvalue weighted by Gasteiger charge is -2.62. The van der Waals surface area contributed by atoms with Crippen molar-refractivity contribution in [2.24, 2.45) is 45.8 Å². The molecule has 5 fully saturated rings. The third kappa shape index (κ3) is 2.19. The monoisotopic (exact) mass is 370 g/mol. The van der Waals surface area contributed by atoms with Crippen LogP contribution in [0.3, 0.4) is 0 Å².